The van der Waals surface area contributed by atoms with E-state index in [2.05, 4.69) is 29.2 Å². The predicted octanol–water partition coefficient (Wildman–Crippen LogP) is -4.03. The number of nitrogens with two attached hydrogens (primary N) is 2. The minimum Gasteiger partial charge on any atom is -0.480 e. The molecule has 0 aliphatic rings. The van der Waals surface area contributed by atoms with Crippen molar-refractivity contribution in [2.75, 3.05) is 25.4 Å². The highest BCUT2D eigenvalue weighted by atomic mass is 32.1. The molecule has 13 nitrogen and oxygen atoms in total. The highest BCUT2D eigenvalue weighted by Gasteiger charge is 2.13. The third-order valence-electron chi connectivity index (χ3n) is 1.69. The van der Waals surface area contributed by atoms with Gasteiger partial charge in [0.05, 0.1) is 13.2 Å². The molecular weight excluding hydrogens is 352 g/mol. The Balaban J connectivity index is -0.000000311. The maximum absolute atomic E-state index is 10.3. The van der Waals surface area contributed by atoms with Gasteiger partial charge < -0.3 is 37.0 Å². The molecule has 0 aromatic rings. The van der Waals surface area contributed by atoms with Crippen molar-refractivity contribution in [2.24, 2.45) is 11.5 Å². The Labute approximate surface area is 142 Å². The molecule has 0 aromatic carbocycles. The van der Waals surface area contributed by atoms with Gasteiger partial charge in [-0.1, -0.05) is 0 Å². The molecule has 142 valence electrons. The van der Waals surface area contributed by atoms with E-state index >= 15 is 0 Å². The highest BCUT2D eigenvalue weighted by Crippen LogP contribution is 1.85. The summed E-state index contributed by atoms with van der Waals surface area (Å²) < 4.78 is 0. The Morgan fingerprint density at radius 1 is 1.00 bits per heavy atom. The third kappa shape index (κ3) is 22.3. The van der Waals surface area contributed by atoms with E-state index in [4.69, 9.17) is 31.3 Å². The van der Waals surface area contributed by atoms with Gasteiger partial charge in [-0.3, -0.25) is 19.2 Å². The maximum Gasteiger partial charge on any atom is 0.322 e. The van der Waals surface area contributed by atoms with Gasteiger partial charge in [0.25, 0.3) is 0 Å². The van der Waals surface area contributed by atoms with E-state index in [9.17, 15) is 19.2 Å². The van der Waals surface area contributed by atoms with Crippen LogP contribution in [0.5, 0.6) is 0 Å². The van der Waals surface area contributed by atoms with Gasteiger partial charge in [0, 0.05) is 5.75 Å². The summed E-state index contributed by atoms with van der Waals surface area (Å²) in [6, 6.07) is -2.01. The molecule has 0 saturated heterocycles. The zero-order valence-electron chi connectivity index (χ0n) is 12.5. The fraction of sp³-hybridized carbons (Fsp3) is 0.600. The number of carboxylic acids is 4. The number of nitrogens with one attached hydrogen (secondary N) is 2. The first-order valence-electron chi connectivity index (χ1n) is 6.08. The first kappa shape index (κ1) is 26.9. The molecule has 0 aliphatic heterocycles. The van der Waals surface area contributed by atoms with Gasteiger partial charge in [-0.15, -0.1) is 0 Å². The number of hydrogen-bond donors (Lipinski definition) is 10. The second kappa shape index (κ2) is 17.4. The number of hydrogen-bond acceptors (Lipinski definition) is 10. The van der Waals surface area contributed by atoms with E-state index in [1.165, 1.54) is 0 Å². The van der Waals surface area contributed by atoms with Gasteiger partial charge in [-0.25, -0.2) is 10.9 Å². The van der Waals surface area contributed by atoms with Crippen LogP contribution < -0.4 is 22.3 Å². The minimum atomic E-state index is -1.18. The summed E-state index contributed by atoms with van der Waals surface area (Å²) in [6.45, 7) is -1.12. The molecule has 0 unspecified atom stereocenters. The Hall–Kier alpha value is -1.97. The lowest BCUT2D eigenvalue weighted by Crippen LogP contribution is -2.48. The van der Waals surface area contributed by atoms with Gasteiger partial charge >= 0.3 is 23.9 Å². The number of rotatable bonds is 9. The lowest BCUT2D eigenvalue weighted by Gasteiger charge is -2.10. The molecule has 0 saturated carbocycles. The molecule has 0 bridgehead atoms. The second-order valence-corrected chi connectivity index (χ2v) is 4.06. The topological polar surface area (TPSA) is 246 Å². The van der Waals surface area contributed by atoms with Crippen LogP contribution in [0.1, 0.15) is 0 Å². The summed E-state index contributed by atoms with van der Waals surface area (Å²) in [4.78, 5) is 39.2. The lowest BCUT2D eigenvalue weighted by molar-refractivity contribution is -0.140. The molecule has 0 amide bonds. The summed E-state index contributed by atoms with van der Waals surface area (Å²) in [6.07, 6.45) is 0. The summed E-state index contributed by atoms with van der Waals surface area (Å²) in [5.74, 6) is -4.21. The van der Waals surface area contributed by atoms with Crippen LogP contribution in [-0.4, -0.2) is 86.9 Å². The van der Waals surface area contributed by atoms with Crippen molar-refractivity contribution >= 4 is 36.5 Å². The fourth-order valence-corrected chi connectivity index (χ4v) is 0.761. The lowest BCUT2D eigenvalue weighted by atomic mass is 10.3. The van der Waals surface area contributed by atoms with Crippen molar-refractivity contribution in [3.63, 3.8) is 0 Å². The largest absolute Gasteiger partial charge is 0.480 e. The number of aliphatic hydroxyl groups is 1. The summed E-state index contributed by atoms with van der Waals surface area (Å²) >= 11 is 3.75. The fourth-order valence-electron chi connectivity index (χ4n) is 0.513. The first-order valence-corrected chi connectivity index (χ1v) is 6.71. The average Bonchev–Trinajstić information content (AvgIpc) is 2.51. The standard InChI is InChI=1S/C5H10N2O4S.C3H7NO3.C2H5NO2/c8-4(9)1-6-7-3(2-12)5(10)11;4-2(1-5)3(6)7;3-1-2(4)5/h3,6-7,12H,1-2H2,(H,8,9)(H,10,11);2,5H,1,4H2,(H,6,7);1,3H2,(H,4,5)/t3-;2-;/m00./s1. The molecular formula is C10H22N4O9S. The molecule has 11 N–H and O–H groups in total. The molecule has 0 aromatic heterocycles. The van der Waals surface area contributed by atoms with E-state index in [1.807, 2.05) is 0 Å². The SMILES string of the molecule is NCC(=O)O.N[C@@H](CO)C(=O)O.O=C(O)CNN[C@@H](CS)C(=O)O. The second-order valence-electron chi connectivity index (χ2n) is 3.69. The number of hydrazine groups is 1. The van der Waals surface area contributed by atoms with Gasteiger partial charge in [-0.05, 0) is 0 Å². The third-order valence-corrected chi connectivity index (χ3v) is 2.05. The van der Waals surface area contributed by atoms with Gasteiger partial charge in [0.15, 0.2) is 0 Å². The van der Waals surface area contributed by atoms with Crippen molar-refractivity contribution in [3.05, 3.63) is 0 Å². The number of carbonyl (C=O) groups is 4. The van der Waals surface area contributed by atoms with Gasteiger partial charge in [0.1, 0.15) is 18.6 Å². The zero-order chi connectivity index (χ0) is 19.7. The van der Waals surface area contributed by atoms with E-state index in [0.29, 0.717) is 0 Å². The van der Waals surface area contributed by atoms with Crippen molar-refractivity contribution < 1.29 is 44.7 Å². The van der Waals surface area contributed by atoms with Crippen LogP contribution in [0.25, 0.3) is 0 Å². The van der Waals surface area contributed by atoms with Crippen molar-refractivity contribution in [1.29, 1.82) is 0 Å². The predicted molar refractivity (Wildman–Crippen MR) is 83.4 cm³/mol. The Morgan fingerprint density at radius 3 is 1.62 bits per heavy atom. The highest BCUT2D eigenvalue weighted by molar-refractivity contribution is 7.80. The molecule has 0 spiro atoms. The van der Waals surface area contributed by atoms with Crippen LogP contribution in [0.15, 0.2) is 0 Å². The van der Waals surface area contributed by atoms with Crippen LogP contribution >= 0.6 is 12.6 Å². The van der Waals surface area contributed by atoms with Crippen molar-refractivity contribution in [1.82, 2.24) is 10.9 Å². The van der Waals surface area contributed by atoms with E-state index in [1.54, 1.807) is 0 Å². The summed E-state index contributed by atoms with van der Waals surface area (Å²) in [5.41, 5.74) is 13.9. The monoisotopic (exact) mass is 374 g/mol. The van der Waals surface area contributed by atoms with Crippen LogP contribution in [0.3, 0.4) is 0 Å². The molecule has 24 heavy (non-hydrogen) atoms. The molecule has 0 aliphatic carbocycles. The van der Waals surface area contributed by atoms with Gasteiger partial charge in [0.2, 0.25) is 0 Å². The number of carboxylic acid groups (broad SMARTS) is 4. The van der Waals surface area contributed by atoms with Crippen LogP contribution in [0.2, 0.25) is 0 Å². The Kier molecular flexibility index (Phi) is 19.5. The molecule has 0 rings (SSSR count). The van der Waals surface area contributed by atoms with E-state index < -0.39 is 42.6 Å². The van der Waals surface area contributed by atoms with Gasteiger partial charge in [-0.2, -0.15) is 12.6 Å². The Morgan fingerprint density at radius 2 is 1.46 bits per heavy atom. The van der Waals surface area contributed by atoms with Crippen molar-refractivity contribution in [2.45, 2.75) is 12.1 Å². The molecule has 14 heteroatoms. The molecule has 2 atom stereocenters. The molecule has 0 heterocycles. The average molecular weight is 374 g/mol. The smallest absolute Gasteiger partial charge is 0.322 e. The number of thiol groups is 1. The van der Waals surface area contributed by atoms with Crippen LogP contribution in [-0.2, 0) is 19.2 Å². The van der Waals surface area contributed by atoms with Crippen LogP contribution in [0.4, 0.5) is 0 Å². The normalized spacial score (nSPS) is 11.7. The van der Waals surface area contributed by atoms with Crippen molar-refractivity contribution in [3.8, 4) is 0 Å². The maximum atomic E-state index is 10.3. The molecule has 0 radical (unpaired) electrons. The zero-order valence-corrected chi connectivity index (χ0v) is 13.3. The quantitative estimate of drug-likeness (QED) is 0.136. The van der Waals surface area contributed by atoms with E-state index in [-0.39, 0.29) is 18.8 Å². The Bertz CT molecular complexity index is 397. The summed E-state index contributed by atoms with van der Waals surface area (Å²) in [5, 5.41) is 40.1. The van der Waals surface area contributed by atoms with E-state index in [0.717, 1.165) is 0 Å². The van der Waals surface area contributed by atoms with Crippen LogP contribution in [0, 0.1) is 0 Å². The minimum absolute atomic E-state index is 0.0853. The first-order chi connectivity index (χ1) is 11.0. The number of aliphatic carboxylic acids is 4. The molecule has 0 fully saturated rings. The number of aliphatic hydroxyl groups excluding tert-OH is 1. The summed E-state index contributed by atoms with van der Waals surface area (Å²) in [7, 11) is 0.